The molecule has 1 amide bonds. The van der Waals surface area contributed by atoms with Gasteiger partial charge >= 0.3 is 0 Å². The molecule has 2 N–H and O–H groups in total. The number of allylic oxidation sites excluding steroid dienone is 1. The first-order valence-corrected chi connectivity index (χ1v) is 9.71. The highest BCUT2D eigenvalue weighted by Crippen LogP contribution is 2.18. The smallest absolute Gasteiger partial charge is 0.226 e. The molecule has 5 heteroatoms. The summed E-state index contributed by atoms with van der Waals surface area (Å²) in [5.74, 6) is -0.496. The van der Waals surface area contributed by atoms with Gasteiger partial charge in [-0.25, -0.2) is 0 Å². The van der Waals surface area contributed by atoms with E-state index in [-0.39, 0.29) is 30.6 Å². The molecule has 2 aromatic carbocycles. The third-order valence-electron chi connectivity index (χ3n) is 4.66. The van der Waals surface area contributed by atoms with Crippen LogP contribution in [0.5, 0.6) is 0 Å². The summed E-state index contributed by atoms with van der Waals surface area (Å²) in [6, 6.07) is 16.6. The van der Waals surface area contributed by atoms with Gasteiger partial charge < -0.3 is 10.6 Å². The van der Waals surface area contributed by atoms with Crippen molar-refractivity contribution in [1.29, 1.82) is 0 Å². The molecule has 0 radical (unpaired) electrons. The Bertz CT molecular complexity index is 790. The molecule has 4 nitrogen and oxygen atoms in total. The highest BCUT2D eigenvalue weighted by atomic mass is 35.5. The summed E-state index contributed by atoms with van der Waals surface area (Å²) in [5, 5.41) is 0.632. The zero-order valence-corrected chi connectivity index (χ0v) is 16.9. The average Bonchev–Trinajstić information content (AvgIpc) is 2.69. The first kappa shape index (κ1) is 21.9. The van der Waals surface area contributed by atoms with Crippen LogP contribution in [0.25, 0.3) is 0 Å². The van der Waals surface area contributed by atoms with Crippen molar-refractivity contribution < 1.29 is 9.59 Å². The molecule has 0 saturated heterocycles. The Kier molecular flexibility index (Phi) is 8.42. The predicted octanol–water partition coefficient (Wildman–Crippen LogP) is 4.19. The molecule has 0 fully saturated rings. The van der Waals surface area contributed by atoms with Crippen molar-refractivity contribution in [1.82, 2.24) is 4.90 Å². The van der Waals surface area contributed by atoms with E-state index in [2.05, 4.69) is 6.58 Å². The molecule has 0 aliphatic carbocycles. The Balaban J connectivity index is 1.96. The molecule has 0 aromatic heterocycles. The number of nitrogens with two attached hydrogens (primary N) is 1. The number of amides is 1. The number of halogens is 1. The largest absolute Gasteiger partial charge is 0.344 e. The highest BCUT2D eigenvalue weighted by molar-refractivity contribution is 6.30. The maximum absolute atomic E-state index is 12.9. The molecule has 148 valence electrons. The lowest BCUT2D eigenvalue weighted by Gasteiger charge is -2.26. The van der Waals surface area contributed by atoms with Crippen molar-refractivity contribution in [2.75, 3.05) is 13.6 Å². The van der Waals surface area contributed by atoms with E-state index in [1.165, 1.54) is 0 Å². The number of hydrogen-bond acceptors (Lipinski definition) is 3. The van der Waals surface area contributed by atoms with Gasteiger partial charge in [-0.1, -0.05) is 60.1 Å². The van der Waals surface area contributed by atoms with Gasteiger partial charge in [-0.05, 0) is 29.7 Å². The number of nitrogens with zero attached hydrogens (tertiary/aromatic N) is 1. The molecule has 0 aliphatic heterocycles. The third-order valence-corrected chi connectivity index (χ3v) is 4.92. The number of carbonyl (C=O) groups excluding carboxylic acids is 2. The van der Waals surface area contributed by atoms with E-state index in [0.717, 1.165) is 11.1 Å². The summed E-state index contributed by atoms with van der Waals surface area (Å²) in [4.78, 5) is 27.0. The van der Waals surface area contributed by atoms with Crippen molar-refractivity contribution in [3.63, 3.8) is 0 Å². The topological polar surface area (TPSA) is 63.4 Å². The third kappa shape index (κ3) is 6.63. The highest BCUT2D eigenvalue weighted by Gasteiger charge is 2.25. The van der Waals surface area contributed by atoms with Crippen LogP contribution in [-0.2, 0) is 16.0 Å². The monoisotopic (exact) mass is 398 g/mol. The number of hydrogen-bond donors (Lipinski definition) is 1. The lowest BCUT2D eigenvalue weighted by atomic mass is 9.94. The zero-order valence-electron chi connectivity index (χ0n) is 16.2. The normalized spacial score (nSPS) is 12.8. The number of benzene rings is 2. The second-order valence-electron chi connectivity index (χ2n) is 7.00. The molecule has 2 aromatic rings. The number of carbonyl (C=O) groups is 2. The molecule has 0 heterocycles. The molecule has 0 aliphatic rings. The maximum atomic E-state index is 12.9. The molecular formula is C23H27ClN2O2. The van der Waals surface area contributed by atoms with Crippen LogP contribution in [0.2, 0.25) is 5.02 Å². The fraction of sp³-hybridized carbons (Fsp3) is 0.304. The molecule has 2 unspecified atom stereocenters. The van der Waals surface area contributed by atoms with Gasteiger partial charge in [-0.3, -0.25) is 9.59 Å². The van der Waals surface area contributed by atoms with E-state index >= 15 is 0 Å². The van der Waals surface area contributed by atoms with Crippen LogP contribution in [0.4, 0.5) is 0 Å². The van der Waals surface area contributed by atoms with Crippen LogP contribution < -0.4 is 5.73 Å². The minimum Gasteiger partial charge on any atom is -0.344 e. The number of ketones is 1. The maximum Gasteiger partial charge on any atom is 0.226 e. The van der Waals surface area contributed by atoms with E-state index in [9.17, 15) is 9.59 Å². The SMILES string of the molecule is C=CCC(CC(=O)Cc1ccc(Cl)cc1)C(=O)N(C)CC(N)c1ccccc1. The summed E-state index contributed by atoms with van der Waals surface area (Å²) in [6.45, 7) is 4.12. The van der Waals surface area contributed by atoms with E-state index in [4.69, 9.17) is 17.3 Å². The van der Waals surface area contributed by atoms with Crippen LogP contribution >= 0.6 is 11.6 Å². The Labute approximate surface area is 172 Å². The molecule has 0 spiro atoms. The summed E-state index contributed by atoms with van der Waals surface area (Å²) in [6.07, 6.45) is 2.60. The molecule has 0 bridgehead atoms. The molecule has 2 atom stereocenters. The first-order chi connectivity index (χ1) is 13.4. The second kappa shape index (κ2) is 10.8. The van der Waals surface area contributed by atoms with Crippen LogP contribution in [-0.4, -0.2) is 30.2 Å². The Hall–Kier alpha value is -2.43. The van der Waals surface area contributed by atoms with Gasteiger partial charge in [0.05, 0.1) is 0 Å². The lowest BCUT2D eigenvalue weighted by Crippen LogP contribution is -2.38. The van der Waals surface area contributed by atoms with Crippen LogP contribution in [0, 0.1) is 5.92 Å². The fourth-order valence-corrected chi connectivity index (χ4v) is 3.28. The minimum absolute atomic E-state index is 0.0169. The van der Waals surface area contributed by atoms with Gasteiger partial charge in [0, 0.05) is 43.4 Å². The Morgan fingerprint density at radius 1 is 1.14 bits per heavy atom. The zero-order chi connectivity index (χ0) is 20.5. The van der Waals surface area contributed by atoms with Gasteiger partial charge in [0.15, 0.2) is 0 Å². The van der Waals surface area contributed by atoms with Crippen molar-refractivity contribution in [3.05, 3.63) is 83.4 Å². The van der Waals surface area contributed by atoms with Gasteiger partial charge in [0.25, 0.3) is 0 Å². The molecule has 28 heavy (non-hydrogen) atoms. The summed E-state index contributed by atoms with van der Waals surface area (Å²) in [7, 11) is 1.73. The second-order valence-corrected chi connectivity index (χ2v) is 7.44. The van der Waals surface area contributed by atoms with E-state index in [1.54, 1.807) is 30.2 Å². The number of likely N-dealkylation sites (N-methyl/N-ethyl adjacent to an activating group) is 1. The minimum atomic E-state index is -0.426. The molecule has 2 rings (SSSR count). The van der Waals surface area contributed by atoms with Crippen molar-refractivity contribution in [2.24, 2.45) is 11.7 Å². The van der Waals surface area contributed by atoms with Crippen LogP contribution in [0.3, 0.4) is 0 Å². The van der Waals surface area contributed by atoms with Gasteiger partial charge in [-0.15, -0.1) is 6.58 Å². The van der Waals surface area contributed by atoms with E-state index in [0.29, 0.717) is 18.0 Å². The van der Waals surface area contributed by atoms with Gasteiger partial charge in [0.1, 0.15) is 5.78 Å². The van der Waals surface area contributed by atoms with Gasteiger partial charge in [-0.2, -0.15) is 0 Å². The lowest BCUT2D eigenvalue weighted by molar-refractivity contribution is -0.136. The van der Waals surface area contributed by atoms with Crippen LogP contribution in [0.15, 0.2) is 67.3 Å². The summed E-state index contributed by atoms with van der Waals surface area (Å²) in [5.41, 5.74) is 8.09. The first-order valence-electron chi connectivity index (χ1n) is 9.33. The fourth-order valence-electron chi connectivity index (χ4n) is 3.15. The molecular weight excluding hydrogens is 372 g/mol. The Morgan fingerprint density at radius 2 is 1.79 bits per heavy atom. The summed E-state index contributed by atoms with van der Waals surface area (Å²) < 4.78 is 0. The number of Topliss-reactive ketones (excluding diaryl/α,β-unsaturated/α-hetero) is 1. The van der Waals surface area contributed by atoms with E-state index in [1.807, 2.05) is 42.5 Å². The van der Waals surface area contributed by atoms with E-state index < -0.39 is 5.92 Å². The standard InChI is InChI=1S/C23H27ClN2O2/c1-3-7-19(15-21(27)14-17-10-12-20(24)13-11-17)23(28)26(2)16-22(25)18-8-5-4-6-9-18/h3-6,8-13,19,22H,1,7,14-16,25H2,2H3. The van der Waals surface area contributed by atoms with Crippen molar-refractivity contribution >= 4 is 23.3 Å². The number of rotatable bonds is 10. The average molecular weight is 399 g/mol. The predicted molar refractivity (Wildman–Crippen MR) is 114 cm³/mol. The van der Waals surface area contributed by atoms with Crippen molar-refractivity contribution in [3.8, 4) is 0 Å². The Morgan fingerprint density at radius 3 is 2.39 bits per heavy atom. The quantitative estimate of drug-likeness (QED) is 0.610. The van der Waals surface area contributed by atoms with Crippen molar-refractivity contribution in [2.45, 2.75) is 25.3 Å². The van der Waals surface area contributed by atoms with Gasteiger partial charge in [0.2, 0.25) is 5.91 Å². The molecule has 0 saturated carbocycles. The summed E-state index contributed by atoms with van der Waals surface area (Å²) >= 11 is 5.88. The van der Waals surface area contributed by atoms with Crippen LogP contribution in [0.1, 0.15) is 30.0 Å².